The number of sulfonamides is 1. The molecule has 1 aliphatic heterocycles. The Balaban J connectivity index is 1.81. The summed E-state index contributed by atoms with van der Waals surface area (Å²) in [6.07, 6.45) is 3.22. The zero-order valence-corrected chi connectivity index (χ0v) is 10.6. The number of thiophene rings is 1. The highest BCUT2D eigenvalue weighted by molar-refractivity contribution is 7.91. The van der Waals surface area contributed by atoms with Gasteiger partial charge in [0.15, 0.2) is 0 Å². The molecule has 0 spiro atoms. The third-order valence-corrected chi connectivity index (χ3v) is 5.57. The van der Waals surface area contributed by atoms with Gasteiger partial charge in [-0.1, -0.05) is 6.07 Å². The Bertz CT molecular complexity index is 408. The van der Waals surface area contributed by atoms with Crippen LogP contribution in [0.2, 0.25) is 0 Å². The molecule has 90 valence electrons. The minimum Gasteiger partial charge on any atom is -0.314 e. The van der Waals surface area contributed by atoms with Gasteiger partial charge in [0.25, 0.3) is 0 Å². The fraction of sp³-hybridized carbons (Fsp3) is 0.600. The van der Waals surface area contributed by atoms with E-state index < -0.39 is 10.0 Å². The molecule has 1 aliphatic rings. The summed E-state index contributed by atoms with van der Waals surface area (Å²) < 4.78 is 26.5. The quantitative estimate of drug-likeness (QED) is 0.835. The molecule has 0 unspecified atom stereocenters. The highest BCUT2D eigenvalue weighted by Crippen LogP contribution is 2.15. The van der Waals surface area contributed by atoms with E-state index in [9.17, 15) is 8.42 Å². The van der Waals surface area contributed by atoms with Crippen molar-refractivity contribution in [1.29, 1.82) is 0 Å². The van der Waals surface area contributed by atoms with Crippen LogP contribution in [0.1, 0.15) is 19.3 Å². The van der Waals surface area contributed by atoms with Crippen molar-refractivity contribution >= 4 is 21.4 Å². The van der Waals surface area contributed by atoms with Crippen LogP contribution in [0.4, 0.5) is 0 Å². The highest BCUT2D eigenvalue weighted by atomic mass is 32.2. The van der Waals surface area contributed by atoms with Crippen molar-refractivity contribution in [1.82, 2.24) is 10.0 Å². The minimum atomic E-state index is -3.27. The molecule has 1 aromatic rings. The molecule has 0 aliphatic carbocycles. The Kier molecular flexibility index (Phi) is 3.96. The van der Waals surface area contributed by atoms with Crippen molar-refractivity contribution in [3.05, 3.63) is 17.5 Å². The van der Waals surface area contributed by atoms with E-state index in [4.69, 9.17) is 0 Å². The summed E-state index contributed by atoms with van der Waals surface area (Å²) in [7, 11) is -3.27. The summed E-state index contributed by atoms with van der Waals surface area (Å²) in [5.74, 6) is 0. The number of hydrogen-bond donors (Lipinski definition) is 2. The van der Waals surface area contributed by atoms with E-state index in [1.54, 1.807) is 17.5 Å². The predicted molar refractivity (Wildman–Crippen MR) is 65.1 cm³/mol. The average molecular weight is 260 g/mol. The van der Waals surface area contributed by atoms with Gasteiger partial charge in [-0.05, 0) is 37.3 Å². The van der Waals surface area contributed by atoms with Crippen LogP contribution in [0.5, 0.6) is 0 Å². The second-order valence-corrected chi connectivity index (χ2v) is 6.85. The lowest BCUT2D eigenvalue weighted by Crippen LogP contribution is -2.30. The molecule has 2 rings (SSSR count). The van der Waals surface area contributed by atoms with Gasteiger partial charge in [-0.25, -0.2) is 13.1 Å². The smallest absolute Gasteiger partial charge is 0.250 e. The molecular formula is C10H16N2O2S2. The van der Waals surface area contributed by atoms with E-state index in [1.807, 2.05) is 0 Å². The van der Waals surface area contributed by atoms with Crippen molar-refractivity contribution in [2.45, 2.75) is 29.5 Å². The molecule has 2 N–H and O–H groups in total. The Morgan fingerprint density at radius 1 is 1.56 bits per heavy atom. The van der Waals surface area contributed by atoms with Crippen LogP contribution in [-0.4, -0.2) is 27.5 Å². The van der Waals surface area contributed by atoms with Crippen molar-refractivity contribution in [3.63, 3.8) is 0 Å². The molecule has 1 fully saturated rings. The van der Waals surface area contributed by atoms with Crippen LogP contribution >= 0.6 is 11.3 Å². The third kappa shape index (κ3) is 3.04. The molecule has 1 atom stereocenters. The maximum atomic E-state index is 11.7. The van der Waals surface area contributed by atoms with E-state index in [2.05, 4.69) is 10.0 Å². The molecule has 1 saturated heterocycles. The van der Waals surface area contributed by atoms with Crippen molar-refractivity contribution in [2.75, 3.05) is 13.1 Å². The molecule has 4 nitrogen and oxygen atoms in total. The zero-order chi connectivity index (χ0) is 11.4. The standard InChI is InChI=1S/C10H16N2O2S2/c13-16(14,10-4-2-8-15-10)12-7-5-9-3-1-6-11-9/h2,4,8-9,11-12H,1,3,5-7H2/t9-/m0/s1. The predicted octanol–water partition coefficient (Wildman–Crippen LogP) is 1.17. The Morgan fingerprint density at radius 2 is 2.44 bits per heavy atom. The zero-order valence-electron chi connectivity index (χ0n) is 8.98. The van der Waals surface area contributed by atoms with Gasteiger partial charge in [-0.2, -0.15) is 0 Å². The van der Waals surface area contributed by atoms with Gasteiger partial charge < -0.3 is 5.32 Å². The maximum absolute atomic E-state index is 11.7. The molecular weight excluding hydrogens is 244 g/mol. The number of nitrogens with one attached hydrogen (secondary N) is 2. The fourth-order valence-corrected chi connectivity index (χ4v) is 3.94. The molecule has 0 radical (unpaired) electrons. The van der Waals surface area contributed by atoms with Crippen molar-refractivity contribution in [3.8, 4) is 0 Å². The molecule has 0 saturated carbocycles. The van der Waals surface area contributed by atoms with Crippen LogP contribution in [-0.2, 0) is 10.0 Å². The van der Waals surface area contributed by atoms with E-state index >= 15 is 0 Å². The first-order chi connectivity index (χ1) is 7.68. The summed E-state index contributed by atoms with van der Waals surface area (Å²) in [5, 5.41) is 5.12. The van der Waals surface area contributed by atoms with Gasteiger partial charge in [-0.15, -0.1) is 11.3 Å². The van der Waals surface area contributed by atoms with Crippen LogP contribution in [0.15, 0.2) is 21.7 Å². The van der Waals surface area contributed by atoms with Crippen LogP contribution in [0.25, 0.3) is 0 Å². The van der Waals surface area contributed by atoms with E-state index in [-0.39, 0.29) is 0 Å². The van der Waals surface area contributed by atoms with Gasteiger partial charge >= 0.3 is 0 Å². The molecule has 16 heavy (non-hydrogen) atoms. The van der Waals surface area contributed by atoms with Crippen molar-refractivity contribution in [2.24, 2.45) is 0 Å². The summed E-state index contributed by atoms with van der Waals surface area (Å²) in [4.78, 5) is 0. The SMILES string of the molecule is O=S(=O)(NCC[C@@H]1CCCN1)c1cccs1. The molecule has 0 aromatic carbocycles. The van der Waals surface area contributed by atoms with Gasteiger partial charge in [0.05, 0.1) is 0 Å². The number of hydrogen-bond acceptors (Lipinski definition) is 4. The first-order valence-corrected chi connectivity index (χ1v) is 7.81. The lowest BCUT2D eigenvalue weighted by Gasteiger charge is -2.10. The monoisotopic (exact) mass is 260 g/mol. The summed E-state index contributed by atoms with van der Waals surface area (Å²) in [6, 6.07) is 3.85. The average Bonchev–Trinajstić information content (AvgIpc) is 2.90. The highest BCUT2D eigenvalue weighted by Gasteiger charge is 2.17. The molecule has 1 aromatic heterocycles. The van der Waals surface area contributed by atoms with E-state index in [0.717, 1.165) is 19.4 Å². The Hall–Kier alpha value is -0.430. The Morgan fingerprint density at radius 3 is 3.06 bits per heavy atom. The first-order valence-electron chi connectivity index (χ1n) is 5.45. The largest absolute Gasteiger partial charge is 0.314 e. The fourth-order valence-electron chi connectivity index (χ4n) is 1.86. The lowest BCUT2D eigenvalue weighted by atomic mass is 10.2. The lowest BCUT2D eigenvalue weighted by molar-refractivity contribution is 0.540. The van der Waals surface area contributed by atoms with Gasteiger partial charge in [0, 0.05) is 12.6 Å². The molecule has 0 amide bonds. The maximum Gasteiger partial charge on any atom is 0.250 e. The van der Waals surface area contributed by atoms with E-state index in [1.165, 1.54) is 17.8 Å². The minimum absolute atomic E-state index is 0.395. The van der Waals surface area contributed by atoms with Crippen LogP contribution < -0.4 is 10.0 Å². The summed E-state index contributed by atoms with van der Waals surface area (Å²) in [5.41, 5.74) is 0. The molecule has 0 bridgehead atoms. The van der Waals surface area contributed by atoms with Gasteiger partial charge in [0.1, 0.15) is 4.21 Å². The van der Waals surface area contributed by atoms with Crippen molar-refractivity contribution < 1.29 is 8.42 Å². The van der Waals surface area contributed by atoms with E-state index in [0.29, 0.717) is 16.8 Å². The topological polar surface area (TPSA) is 58.2 Å². The molecule has 6 heteroatoms. The second kappa shape index (κ2) is 5.27. The van der Waals surface area contributed by atoms with Crippen LogP contribution in [0.3, 0.4) is 0 Å². The normalized spacial score (nSPS) is 21.4. The Labute approximate surface area is 100 Å². The third-order valence-electron chi connectivity index (χ3n) is 2.71. The van der Waals surface area contributed by atoms with Crippen LogP contribution in [0, 0.1) is 0 Å². The first kappa shape index (κ1) is 12.0. The van der Waals surface area contributed by atoms with Gasteiger partial charge in [0.2, 0.25) is 10.0 Å². The summed E-state index contributed by atoms with van der Waals surface area (Å²) >= 11 is 1.25. The molecule has 2 heterocycles. The summed E-state index contributed by atoms with van der Waals surface area (Å²) in [6.45, 7) is 1.57. The second-order valence-electron chi connectivity index (χ2n) is 3.91. The number of rotatable bonds is 5. The van der Waals surface area contributed by atoms with Gasteiger partial charge in [-0.3, -0.25) is 0 Å².